The van der Waals surface area contributed by atoms with Crippen LogP contribution in [0.3, 0.4) is 0 Å². The highest BCUT2D eigenvalue weighted by molar-refractivity contribution is 8.06. The lowest BCUT2D eigenvalue weighted by atomic mass is 9.83. The summed E-state index contributed by atoms with van der Waals surface area (Å²) in [6, 6.07) is 15.3. The molecule has 3 heterocycles. The van der Waals surface area contributed by atoms with E-state index in [4.69, 9.17) is 0 Å². The zero-order valence-corrected chi connectivity index (χ0v) is 22.3. The number of aryl methyl sites for hydroxylation is 1. The van der Waals surface area contributed by atoms with E-state index >= 15 is 0 Å². The van der Waals surface area contributed by atoms with E-state index in [1.165, 1.54) is 22.3 Å². The first-order valence-electron chi connectivity index (χ1n) is 13.6. The van der Waals surface area contributed by atoms with E-state index in [1.54, 1.807) is 11.8 Å². The lowest BCUT2D eigenvalue weighted by Crippen LogP contribution is -2.40. The molecule has 6 rings (SSSR count). The normalized spacial score (nSPS) is 23.8. The molecule has 2 atom stereocenters. The van der Waals surface area contributed by atoms with Gasteiger partial charge in [-0.05, 0) is 78.7 Å². The van der Waals surface area contributed by atoms with Crippen molar-refractivity contribution >= 4 is 35.3 Å². The number of nitrogens with zero attached hydrogens (tertiary/aromatic N) is 2. The van der Waals surface area contributed by atoms with E-state index in [0.717, 1.165) is 55.9 Å². The van der Waals surface area contributed by atoms with Gasteiger partial charge in [0.25, 0.3) is 5.91 Å². The zero-order chi connectivity index (χ0) is 25.4. The molecule has 0 spiro atoms. The van der Waals surface area contributed by atoms with Crippen LogP contribution >= 0.6 is 11.8 Å². The predicted molar refractivity (Wildman–Crippen MR) is 152 cm³/mol. The van der Waals surface area contributed by atoms with Crippen LogP contribution in [-0.2, 0) is 9.59 Å². The van der Waals surface area contributed by atoms with Gasteiger partial charge >= 0.3 is 0 Å². The van der Waals surface area contributed by atoms with Crippen molar-refractivity contribution in [2.45, 2.75) is 44.9 Å². The maximum atomic E-state index is 13.2. The molecule has 190 valence electrons. The van der Waals surface area contributed by atoms with Crippen LogP contribution < -0.4 is 4.90 Å². The van der Waals surface area contributed by atoms with Gasteiger partial charge in [-0.25, -0.2) is 0 Å². The van der Waals surface area contributed by atoms with Gasteiger partial charge in [-0.1, -0.05) is 72.0 Å². The number of carbonyl (C=O) groups excluding carboxylic acids is 2. The van der Waals surface area contributed by atoms with Crippen LogP contribution in [0.5, 0.6) is 0 Å². The number of carbonyl (C=O) groups is 2. The van der Waals surface area contributed by atoms with Gasteiger partial charge in [0.2, 0.25) is 5.91 Å². The minimum absolute atomic E-state index is 0.175. The van der Waals surface area contributed by atoms with Crippen molar-refractivity contribution in [2.75, 3.05) is 24.5 Å². The molecular formula is C32H34N2O2S. The van der Waals surface area contributed by atoms with Crippen molar-refractivity contribution in [1.29, 1.82) is 0 Å². The van der Waals surface area contributed by atoms with Crippen molar-refractivity contribution in [3.63, 3.8) is 0 Å². The Morgan fingerprint density at radius 1 is 1.00 bits per heavy atom. The Balaban J connectivity index is 1.11. The van der Waals surface area contributed by atoms with Crippen LogP contribution in [0.15, 0.2) is 71.0 Å². The fourth-order valence-electron chi connectivity index (χ4n) is 6.24. The second-order valence-corrected chi connectivity index (χ2v) is 11.7. The van der Waals surface area contributed by atoms with Crippen molar-refractivity contribution in [2.24, 2.45) is 11.8 Å². The van der Waals surface area contributed by atoms with E-state index in [-0.39, 0.29) is 17.7 Å². The van der Waals surface area contributed by atoms with E-state index < -0.39 is 0 Å². The molecule has 2 unspecified atom stereocenters. The van der Waals surface area contributed by atoms with E-state index in [1.807, 2.05) is 15.2 Å². The first kappa shape index (κ1) is 24.3. The fraction of sp³-hybridized carbons (Fsp3) is 0.375. The highest BCUT2D eigenvalue weighted by atomic mass is 32.2. The molecule has 0 aromatic heterocycles. The molecule has 0 radical (unpaired) electrons. The summed E-state index contributed by atoms with van der Waals surface area (Å²) in [5.41, 5.74) is 6.10. The van der Waals surface area contributed by atoms with Crippen LogP contribution in [0.2, 0.25) is 0 Å². The number of piperidine rings is 1. The van der Waals surface area contributed by atoms with Gasteiger partial charge in [0.05, 0.1) is 4.91 Å². The maximum Gasteiger partial charge on any atom is 0.260 e. The Hall–Kier alpha value is -3.05. The fourth-order valence-corrected chi connectivity index (χ4v) is 7.06. The van der Waals surface area contributed by atoms with E-state index in [2.05, 4.69) is 73.7 Å². The van der Waals surface area contributed by atoms with Crippen LogP contribution in [-0.4, -0.2) is 36.3 Å². The highest BCUT2D eigenvalue weighted by Gasteiger charge is 2.38. The third kappa shape index (κ3) is 4.94. The van der Waals surface area contributed by atoms with Gasteiger partial charge in [0.1, 0.15) is 0 Å². The van der Waals surface area contributed by atoms with Crippen molar-refractivity contribution in [3.8, 4) is 0 Å². The predicted octanol–water partition coefficient (Wildman–Crippen LogP) is 6.67. The third-order valence-corrected chi connectivity index (χ3v) is 9.36. The molecule has 2 saturated heterocycles. The second-order valence-electron chi connectivity index (χ2n) is 10.8. The van der Waals surface area contributed by atoms with Crippen LogP contribution in [0.4, 0.5) is 5.69 Å². The third-order valence-electron chi connectivity index (χ3n) is 8.44. The highest BCUT2D eigenvalue weighted by Crippen LogP contribution is 2.40. The molecule has 0 saturated carbocycles. The average Bonchev–Trinajstić information content (AvgIpc) is 3.41. The van der Waals surface area contributed by atoms with Crippen molar-refractivity contribution < 1.29 is 9.59 Å². The number of hydrogen-bond acceptors (Lipinski definition) is 3. The molecule has 2 aromatic carbocycles. The van der Waals surface area contributed by atoms with Gasteiger partial charge in [-0.2, -0.15) is 0 Å². The molecular weight excluding hydrogens is 476 g/mol. The Morgan fingerprint density at radius 3 is 2.62 bits per heavy atom. The standard InChI is InChI=1S/C32H34N2O2S/c1-22-6-8-24(9-7-22)28-13-11-25-10-12-27(20-29(25)28)34-21-26(19-31(34)35)23-14-16-33(17-15-23)32(36)30-5-3-2-4-18-37-30/h4-13,18,20,23,26,28H,2-3,14-17,19,21H2,1H3. The molecule has 4 nitrogen and oxygen atoms in total. The number of anilines is 1. The summed E-state index contributed by atoms with van der Waals surface area (Å²) in [4.78, 5) is 31.0. The van der Waals surface area contributed by atoms with Gasteiger partial charge in [-0.3, -0.25) is 9.59 Å². The monoisotopic (exact) mass is 510 g/mol. The topological polar surface area (TPSA) is 40.6 Å². The quantitative estimate of drug-likeness (QED) is 0.461. The summed E-state index contributed by atoms with van der Waals surface area (Å²) in [5, 5.41) is 2.04. The molecule has 2 aromatic rings. The number of hydrogen-bond donors (Lipinski definition) is 0. The molecule has 37 heavy (non-hydrogen) atoms. The Labute approximate surface area is 224 Å². The van der Waals surface area contributed by atoms with Crippen LogP contribution in [0, 0.1) is 18.8 Å². The first-order chi connectivity index (χ1) is 18.1. The minimum Gasteiger partial charge on any atom is -0.338 e. The van der Waals surface area contributed by atoms with Gasteiger partial charge < -0.3 is 9.80 Å². The molecule has 2 fully saturated rings. The summed E-state index contributed by atoms with van der Waals surface area (Å²) >= 11 is 1.55. The van der Waals surface area contributed by atoms with Gasteiger partial charge in [0.15, 0.2) is 0 Å². The molecule has 5 heteroatoms. The SMILES string of the molecule is Cc1ccc(C2C=Cc3ccc(N4CC(C5CCN(C(=O)C6=CCCC=CS6)CC5)CC4=O)cc32)cc1. The number of amides is 2. The Bertz CT molecular complexity index is 1280. The number of benzene rings is 2. The average molecular weight is 511 g/mol. The Kier molecular flexibility index (Phi) is 6.81. The summed E-state index contributed by atoms with van der Waals surface area (Å²) in [5.74, 6) is 1.49. The van der Waals surface area contributed by atoms with Crippen LogP contribution in [0.25, 0.3) is 6.08 Å². The number of allylic oxidation sites excluding steroid dienone is 3. The molecule has 4 aliphatic rings. The van der Waals surface area contributed by atoms with Gasteiger partial charge in [-0.15, -0.1) is 0 Å². The van der Waals surface area contributed by atoms with E-state index in [9.17, 15) is 9.59 Å². The van der Waals surface area contributed by atoms with Crippen molar-refractivity contribution in [1.82, 2.24) is 4.90 Å². The second kappa shape index (κ2) is 10.4. The lowest BCUT2D eigenvalue weighted by molar-refractivity contribution is -0.128. The molecule has 2 amide bonds. The van der Waals surface area contributed by atoms with Gasteiger partial charge in [0, 0.05) is 37.7 Å². The molecule has 0 bridgehead atoms. The smallest absolute Gasteiger partial charge is 0.260 e. The largest absolute Gasteiger partial charge is 0.338 e. The molecule has 0 N–H and O–H groups in total. The lowest BCUT2D eigenvalue weighted by Gasteiger charge is -2.35. The number of fused-ring (bicyclic) bond motifs is 1. The first-order valence-corrected chi connectivity index (χ1v) is 14.4. The Morgan fingerprint density at radius 2 is 1.81 bits per heavy atom. The van der Waals surface area contributed by atoms with Crippen molar-refractivity contribution in [3.05, 3.63) is 93.3 Å². The number of rotatable bonds is 4. The minimum atomic E-state index is 0.175. The number of likely N-dealkylation sites (tertiary alicyclic amines) is 1. The molecule has 3 aliphatic heterocycles. The summed E-state index contributed by atoms with van der Waals surface area (Å²) < 4.78 is 0. The van der Waals surface area contributed by atoms with E-state index in [0.29, 0.717) is 18.3 Å². The zero-order valence-electron chi connectivity index (χ0n) is 21.4. The van der Waals surface area contributed by atoms with Crippen LogP contribution in [0.1, 0.15) is 60.3 Å². The summed E-state index contributed by atoms with van der Waals surface area (Å²) in [6.45, 7) is 4.48. The maximum absolute atomic E-state index is 13.2. The molecule has 1 aliphatic carbocycles. The summed E-state index contributed by atoms with van der Waals surface area (Å²) in [7, 11) is 0. The number of thioether (sulfide) groups is 1. The summed E-state index contributed by atoms with van der Waals surface area (Å²) in [6.07, 6.45) is 13.2.